The highest BCUT2D eigenvalue weighted by Gasteiger charge is 2.29. The van der Waals surface area contributed by atoms with Crippen LogP contribution in [0.5, 0.6) is 0 Å². The molecule has 0 aliphatic heterocycles. The number of rotatable bonds is 9. The number of carbonyl (C=O) groups is 1. The molecule has 1 amide bonds. The van der Waals surface area contributed by atoms with Crippen molar-refractivity contribution in [3.8, 4) is 0 Å². The number of nitrogens with one attached hydrogen (secondary N) is 2. The van der Waals surface area contributed by atoms with Gasteiger partial charge < -0.3 is 5.32 Å². The van der Waals surface area contributed by atoms with Crippen LogP contribution in [0.15, 0.2) is 29.2 Å². The lowest BCUT2D eigenvalue weighted by atomic mass is 10.1. The van der Waals surface area contributed by atoms with Gasteiger partial charge in [-0.15, -0.1) is 0 Å². The van der Waals surface area contributed by atoms with Gasteiger partial charge in [0, 0.05) is 18.8 Å². The van der Waals surface area contributed by atoms with Crippen LogP contribution in [0, 0.1) is 19.8 Å². The van der Waals surface area contributed by atoms with Gasteiger partial charge in [-0.2, -0.15) is 18.6 Å². The Balaban J connectivity index is 1.64. The molecule has 2 N–H and O–H groups in total. The van der Waals surface area contributed by atoms with Crippen molar-refractivity contribution in [2.24, 2.45) is 5.92 Å². The number of sulfonamides is 1. The Hall–Kier alpha value is -2.37. The normalized spacial score (nSPS) is 13.1. The van der Waals surface area contributed by atoms with Gasteiger partial charge in [-0.05, 0) is 44.4 Å². The average Bonchev–Trinajstić information content (AvgIpc) is 3.28. The molecular formula is C19H26N6O3S2. The number of hydrogen-bond acceptors (Lipinski definition) is 7. The minimum Gasteiger partial charge on any atom is -0.355 e. The molecule has 1 unspecified atom stereocenters. The fourth-order valence-corrected chi connectivity index (χ4v) is 5.28. The Bertz CT molecular complexity index is 1140. The highest BCUT2D eigenvalue weighted by atomic mass is 32.2. The summed E-state index contributed by atoms with van der Waals surface area (Å²) >= 11 is 0.950. The second kappa shape index (κ2) is 9.19. The molecule has 0 saturated heterocycles. The summed E-state index contributed by atoms with van der Waals surface area (Å²) in [5.74, 6) is -0.589. The van der Waals surface area contributed by atoms with Crippen molar-refractivity contribution in [2.45, 2.75) is 51.6 Å². The molecule has 162 valence electrons. The third-order valence-corrected chi connectivity index (χ3v) is 6.73. The highest BCUT2D eigenvalue weighted by Crippen LogP contribution is 2.21. The van der Waals surface area contributed by atoms with Gasteiger partial charge in [0.05, 0.1) is 17.4 Å². The third-order valence-electron chi connectivity index (χ3n) is 4.72. The first-order valence-electron chi connectivity index (χ1n) is 9.71. The predicted octanol–water partition coefficient (Wildman–Crippen LogP) is 2.01. The molecule has 3 aromatic rings. The SMILES string of the molecule is Cc1cc(C)n(CCCNC(=O)C(NS(=O)(=O)c2cccc3nsnc23)C(C)C)n1. The Kier molecular flexibility index (Phi) is 6.84. The van der Waals surface area contributed by atoms with E-state index < -0.39 is 16.1 Å². The number of nitrogens with zero attached hydrogens (tertiary/aromatic N) is 4. The van der Waals surface area contributed by atoms with Crippen molar-refractivity contribution in [2.75, 3.05) is 6.54 Å². The molecule has 0 spiro atoms. The van der Waals surface area contributed by atoms with Gasteiger partial charge in [-0.25, -0.2) is 8.42 Å². The van der Waals surface area contributed by atoms with Crippen LogP contribution in [0.25, 0.3) is 11.0 Å². The van der Waals surface area contributed by atoms with E-state index in [-0.39, 0.29) is 16.7 Å². The Morgan fingerprint density at radius 2 is 2.00 bits per heavy atom. The smallest absolute Gasteiger partial charge is 0.243 e. The molecule has 0 aliphatic carbocycles. The van der Waals surface area contributed by atoms with E-state index >= 15 is 0 Å². The van der Waals surface area contributed by atoms with E-state index in [1.165, 1.54) is 6.07 Å². The molecule has 0 fully saturated rings. The number of fused-ring (bicyclic) bond motifs is 1. The van der Waals surface area contributed by atoms with E-state index in [2.05, 4.69) is 23.9 Å². The van der Waals surface area contributed by atoms with Crippen LogP contribution < -0.4 is 10.0 Å². The van der Waals surface area contributed by atoms with Crippen molar-refractivity contribution in [1.82, 2.24) is 28.6 Å². The maximum Gasteiger partial charge on any atom is 0.243 e. The van der Waals surface area contributed by atoms with Crippen LogP contribution in [0.3, 0.4) is 0 Å². The zero-order chi connectivity index (χ0) is 21.9. The van der Waals surface area contributed by atoms with E-state index in [1.807, 2.05) is 24.6 Å². The maximum atomic E-state index is 13.0. The summed E-state index contributed by atoms with van der Waals surface area (Å²) in [6, 6.07) is 5.89. The van der Waals surface area contributed by atoms with Crippen molar-refractivity contribution >= 4 is 38.7 Å². The van der Waals surface area contributed by atoms with E-state index in [0.717, 1.165) is 23.1 Å². The molecule has 0 aliphatic rings. The van der Waals surface area contributed by atoms with Gasteiger partial charge in [-0.1, -0.05) is 19.9 Å². The molecule has 0 bridgehead atoms. The Morgan fingerprint density at radius 3 is 2.67 bits per heavy atom. The largest absolute Gasteiger partial charge is 0.355 e. The van der Waals surface area contributed by atoms with Gasteiger partial charge >= 0.3 is 0 Å². The quantitative estimate of drug-likeness (QED) is 0.482. The van der Waals surface area contributed by atoms with Crippen molar-refractivity contribution in [1.29, 1.82) is 0 Å². The van der Waals surface area contributed by atoms with Gasteiger partial charge in [0.15, 0.2) is 0 Å². The third kappa shape index (κ3) is 5.02. The fraction of sp³-hybridized carbons (Fsp3) is 0.474. The Morgan fingerprint density at radius 1 is 1.23 bits per heavy atom. The van der Waals surface area contributed by atoms with E-state index in [1.54, 1.807) is 26.0 Å². The zero-order valence-electron chi connectivity index (χ0n) is 17.4. The lowest BCUT2D eigenvalue weighted by Crippen LogP contribution is -2.49. The lowest BCUT2D eigenvalue weighted by molar-refractivity contribution is -0.123. The van der Waals surface area contributed by atoms with Crippen LogP contribution in [0.2, 0.25) is 0 Å². The molecule has 0 radical (unpaired) electrons. The number of aromatic nitrogens is 4. The molecule has 3 rings (SSSR count). The molecule has 9 nitrogen and oxygen atoms in total. The average molecular weight is 451 g/mol. The van der Waals surface area contributed by atoms with Crippen LogP contribution in [-0.2, 0) is 21.4 Å². The van der Waals surface area contributed by atoms with Crippen molar-refractivity contribution in [3.63, 3.8) is 0 Å². The first-order valence-corrected chi connectivity index (χ1v) is 11.9. The van der Waals surface area contributed by atoms with Gasteiger partial charge in [0.1, 0.15) is 22.0 Å². The topological polar surface area (TPSA) is 119 Å². The number of benzene rings is 1. The molecular weight excluding hydrogens is 424 g/mol. The highest BCUT2D eigenvalue weighted by molar-refractivity contribution is 7.89. The minimum atomic E-state index is -3.94. The summed E-state index contributed by atoms with van der Waals surface area (Å²) in [6.45, 7) is 8.62. The van der Waals surface area contributed by atoms with Crippen LogP contribution in [-0.4, -0.2) is 45.4 Å². The Labute approximate surface area is 180 Å². The maximum absolute atomic E-state index is 13.0. The van der Waals surface area contributed by atoms with Gasteiger partial charge in [-0.3, -0.25) is 9.48 Å². The van der Waals surface area contributed by atoms with Crippen molar-refractivity contribution < 1.29 is 13.2 Å². The first kappa shape index (κ1) is 22.3. The molecule has 2 aromatic heterocycles. The predicted molar refractivity (Wildman–Crippen MR) is 116 cm³/mol. The van der Waals surface area contributed by atoms with Crippen LogP contribution in [0.4, 0.5) is 0 Å². The van der Waals surface area contributed by atoms with Crippen LogP contribution in [0.1, 0.15) is 31.7 Å². The van der Waals surface area contributed by atoms with Gasteiger partial charge in [0.2, 0.25) is 15.9 Å². The van der Waals surface area contributed by atoms with E-state index in [9.17, 15) is 13.2 Å². The summed E-state index contributed by atoms with van der Waals surface area (Å²) in [7, 11) is -3.94. The molecule has 2 heterocycles. The standard InChI is InChI=1S/C19H26N6O3S2/c1-12(2)17(19(26)20-9-6-10-25-14(4)11-13(3)21-25)24-30(27,28)16-8-5-7-15-18(16)23-29-22-15/h5,7-8,11-12,17,24H,6,9-10H2,1-4H3,(H,20,26). The summed E-state index contributed by atoms with van der Waals surface area (Å²) in [5, 5.41) is 7.23. The number of amides is 1. The summed E-state index contributed by atoms with van der Waals surface area (Å²) in [6.07, 6.45) is 0.690. The molecule has 1 aromatic carbocycles. The van der Waals surface area contributed by atoms with E-state index in [4.69, 9.17) is 0 Å². The minimum absolute atomic E-state index is 0.0247. The summed E-state index contributed by atoms with van der Waals surface area (Å²) < 4.78 is 38.5. The van der Waals surface area contributed by atoms with E-state index in [0.29, 0.717) is 30.5 Å². The molecule has 1 atom stereocenters. The molecule has 0 saturated carbocycles. The monoisotopic (exact) mass is 450 g/mol. The fourth-order valence-electron chi connectivity index (χ4n) is 3.17. The molecule has 11 heteroatoms. The van der Waals surface area contributed by atoms with Crippen LogP contribution >= 0.6 is 11.7 Å². The summed E-state index contributed by atoms with van der Waals surface area (Å²) in [5.41, 5.74) is 2.84. The lowest BCUT2D eigenvalue weighted by Gasteiger charge is -2.21. The van der Waals surface area contributed by atoms with Gasteiger partial charge in [0.25, 0.3) is 0 Å². The second-order valence-electron chi connectivity index (χ2n) is 7.53. The zero-order valence-corrected chi connectivity index (χ0v) is 19.0. The number of aryl methyl sites for hydroxylation is 3. The number of carbonyl (C=O) groups excluding carboxylic acids is 1. The van der Waals surface area contributed by atoms with Crippen molar-refractivity contribution in [3.05, 3.63) is 35.7 Å². The number of hydrogen-bond donors (Lipinski definition) is 2. The second-order valence-corrected chi connectivity index (χ2v) is 9.74. The summed E-state index contributed by atoms with van der Waals surface area (Å²) in [4.78, 5) is 12.7. The first-order chi connectivity index (χ1) is 14.2. The molecule has 30 heavy (non-hydrogen) atoms.